The van der Waals surface area contributed by atoms with Crippen LogP contribution in [0.5, 0.6) is 0 Å². The molecule has 0 bridgehead atoms. The molecule has 3 N–H and O–H groups in total. The number of hydrogen-bond donors (Lipinski definition) is 2. The Labute approximate surface area is 204 Å². The molecule has 188 valence electrons. The Kier molecular flexibility index (Phi) is 7.09. The molecule has 0 radical (unpaired) electrons. The molecule has 11 heteroatoms. The van der Waals surface area contributed by atoms with Crippen LogP contribution in [0.15, 0.2) is 47.3 Å². The number of aryl methyl sites for hydroxylation is 1. The van der Waals surface area contributed by atoms with Gasteiger partial charge in [-0.1, -0.05) is 12.1 Å². The van der Waals surface area contributed by atoms with Gasteiger partial charge in [-0.15, -0.1) is 0 Å². The fraction of sp³-hybridized carbons (Fsp3) is 0.280. The third kappa shape index (κ3) is 5.40. The van der Waals surface area contributed by atoms with Crippen LogP contribution >= 0.6 is 0 Å². The van der Waals surface area contributed by atoms with Gasteiger partial charge in [0.05, 0.1) is 12.1 Å². The van der Waals surface area contributed by atoms with Crippen molar-refractivity contribution in [2.45, 2.75) is 32.5 Å². The van der Waals surface area contributed by atoms with Crippen molar-refractivity contribution < 1.29 is 22.8 Å². The lowest BCUT2D eigenvalue weighted by atomic mass is 10.1. The van der Waals surface area contributed by atoms with E-state index in [0.29, 0.717) is 23.5 Å². The Bertz CT molecular complexity index is 1370. The minimum atomic E-state index is -1.05. The summed E-state index contributed by atoms with van der Waals surface area (Å²) in [5.74, 6) is -3.22. The number of nitrogens with one attached hydrogen (secondary N) is 1. The molecule has 1 aromatic heterocycles. The quantitative estimate of drug-likeness (QED) is 0.519. The number of nitrogens with two attached hydrogens (primary N) is 1. The Morgan fingerprint density at radius 1 is 1.14 bits per heavy atom. The van der Waals surface area contributed by atoms with Crippen LogP contribution in [0.3, 0.4) is 0 Å². The van der Waals surface area contributed by atoms with Crippen molar-refractivity contribution in [2.24, 2.45) is 5.73 Å². The van der Waals surface area contributed by atoms with E-state index in [-0.39, 0.29) is 25.1 Å². The van der Waals surface area contributed by atoms with Crippen LogP contribution < -0.4 is 21.4 Å². The van der Waals surface area contributed by atoms with Gasteiger partial charge in [0.15, 0.2) is 5.69 Å². The molecule has 1 aliphatic heterocycles. The van der Waals surface area contributed by atoms with Crippen molar-refractivity contribution >= 4 is 17.5 Å². The van der Waals surface area contributed by atoms with E-state index < -0.39 is 52.9 Å². The first kappa shape index (κ1) is 25.0. The Morgan fingerprint density at radius 3 is 2.50 bits per heavy atom. The number of alkyl halides is 1. The summed E-state index contributed by atoms with van der Waals surface area (Å²) in [6, 6.07) is 10.1. The first-order chi connectivity index (χ1) is 17.1. The highest BCUT2D eigenvalue weighted by Crippen LogP contribution is 2.26. The zero-order chi connectivity index (χ0) is 26.0. The molecule has 0 spiro atoms. The van der Waals surface area contributed by atoms with Gasteiger partial charge in [-0.2, -0.15) is 5.10 Å². The minimum absolute atomic E-state index is 0.00245. The molecule has 36 heavy (non-hydrogen) atoms. The number of aromatic nitrogens is 2. The maximum atomic E-state index is 14.6. The molecule has 0 saturated carbocycles. The summed E-state index contributed by atoms with van der Waals surface area (Å²) in [6.45, 7) is 1.51. The predicted octanol–water partition coefficient (Wildman–Crippen LogP) is 2.33. The average Bonchev–Trinajstić information content (AvgIpc) is 3.24. The van der Waals surface area contributed by atoms with Gasteiger partial charge in [-0.05, 0) is 43.2 Å². The fourth-order valence-corrected chi connectivity index (χ4v) is 4.11. The van der Waals surface area contributed by atoms with Crippen molar-refractivity contribution in [1.82, 2.24) is 15.1 Å². The van der Waals surface area contributed by atoms with Crippen molar-refractivity contribution in [2.75, 3.05) is 18.0 Å². The summed E-state index contributed by atoms with van der Waals surface area (Å²) in [5.41, 5.74) is 5.49. The van der Waals surface area contributed by atoms with Crippen LogP contribution in [0, 0.1) is 18.6 Å². The van der Waals surface area contributed by atoms with Gasteiger partial charge in [0, 0.05) is 42.6 Å². The number of rotatable bonds is 7. The summed E-state index contributed by atoms with van der Waals surface area (Å²) < 4.78 is 44.1. The Morgan fingerprint density at radius 2 is 1.86 bits per heavy atom. The number of halogens is 3. The number of primary amides is 1. The van der Waals surface area contributed by atoms with Crippen molar-refractivity contribution in [3.8, 4) is 5.69 Å². The summed E-state index contributed by atoms with van der Waals surface area (Å²) in [4.78, 5) is 38.0. The molecule has 3 aromatic rings. The van der Waals surface area contributed by atoms with Gasteiger partial charge >= 0.3 is 0 Å². The zero-order valence-electron chi connectivity index (χ0n) is 19.4. The molecule has 2 aromatic carbocycles. The second-order valence-corrected chi connectivity index (χ2v) is 8.63. The zero-order valence-corrected chi connectivity index (χ0v) is 19.4. The van der Waals surface area contributed by atoms with Gasteiger partial charge < -0.3 is 16.0 Å². The van der Waals surface area contributed by atoms with Crippen LogP contribution in [-0.4, -0.2) is 40.9 Å². The van der Waals surface area contributed by atoms with E-state index in [1.807, 2.05) is 0 Å². The van der Waals surface area contributed by atoms with Crippen LogP contribution in [0.4, 0.5) is 18.9 Å². The molecule has 0 unspecified atom stereocenters. The fourth-order valence-electron chi connectivity index (χ4n) is 4.11. The third-order valence-corrected chi connectivity index (χ3v) is 5.90. The topological polar surface area (TPSA) is 110 Å². The maximum absolute atomic E-state index is 14.6. The van der Waals surface area contributed by atoms with E-state index in [9.17, 15) is 27.6 Å². The number of benzene rings is 2. The van der Waals surface area contributed by atoms with E-state index in [1.54, 1.807) is 36.1 Å². The molecule has 1 aliphatic rings. The highest BCUT2D eigenvalue weighted by atomic mass is 19.1. The summed E-state index contributed by atoms with van der Waals surface area (Å²) in [5, 5.41) is 6.48. The van der Waals surface area contributed by atoms with Gasteiger partial charge in [0.25, 0.3) is 5.91 Å². The lowest BCUT2D eigenvalue weighted by Gasteiger charge is -2.19. The minimum Gasteiger partial charge on any atom is -0.369 e. The number of nitrogens with zero attached hydrogens (tertiary/aromatic N) is 3. The summed E-state index contributed by atoms with van der Waals surface area (Å²) >= 11 is 0. The van der Waals surface area contributed by atoms with E-state index in [0.717, 1.165) is 12.1 Å². The largest absolute Gasteiger partial charge is 0.369 e. The number of amides is 2. The molecule has 8 nitrogen and oxygen atoms in total. The Balaban J connectivity index is 1.55. The van der Waals surface area contributed by atoms with Crippen LogP contribution in [-0.2, 0) is 17.8 Å². The first-order valence-corrected chi connectivity index (χ1v) is 11.3. The molecule has 1 fully saturated rings. The van der Waals surface area contributed by atoms with Crippen LogP contribution in [0.2, 0.25) is 0 Å². The third-order valence-electron chi connectivity index (χ3n) is 5.90. The molecule has 4 rings (SSSR count). The molecular weight excluding hydrogens is 475 g/mol. The number of carbonyl (C=O) groups is 2. The summed E-state index contributed by atoms with van der Waals surface area (Å²) in [6.07, 6.45) is -0.758. The van der Waals surface area contributed by atoms with E-state index >= 15 is 0 Å². The number of carbonyl (C=O) groups excluding carboxylic acids is 2. The summed E-state index contributed by atoms with van der Waals surface area (Å²) in [7, 11) is 0. The molecule has 1 saturated heterocycles. The van der Waals surface area contributed by atoms with Gasteiger partial charge in [0.1, 0.15) is 17.8 Å². The van der Waals surface area contributed by atoms with Crippen LogP contribution in [0.25, 0.3) is 5.69 Å². The normalized spacial score (nSPS) is 15.2. The van der Waals surface area contributed by atoms with E-state index in [4.69, 9.17) is 5.73 Å². The SMILES string of the molecule is Cc1cc(=O)c(C(=O)NCc2c(F)cc(N3CC[C@@H](F)C3)cc2F)nn1-c1cccc(CC(N)=O)c1. The highest BCUT2D eigenvalue weighted by molar-refractivity contribution is 5.92. The standard InChI is InChI=1S/C25H24F3N5O3/c1-14-7-22(34)24(31-33(14)17-4-2-3-15(8-17)9-23(29)35)25(36)30-12-19-20(27)10-18(11-21(19)28)32-6-5-16(26)13-32/h2-4,7-8,10-11,16H,5-6,9,12-13H2,1H3,(H2,29,35)(H,30,36)/t16-/m1/s1. The van der Waals surface area contributed by atoms with Gasteiger partial charge in [0.2, 0.25) is 11.3 Å². The molecule has 2 heterocycles. The molecule has 0 aliphatic carbocycles. The number of anilines is 1. The van der Waals surface area contributed by atoms with Gasteiger partial charge in [-0.3, -0.25) is 14.4 Å². The second-order valence-electron chi connectivity index (χ2n) is 8.63. The second kappa shape index (κ2) is 10.2. The van der Waals surface area contributed by atoms with Crippen molar-refractivity contribution in [1.29, 1.82) is 0 Å². The lowest BCUT2D eigenvalue weighted by Crippen LogP contribution is -2.32. The molecular formula is C25H24F3N5O3. The van der Waals surface area contributed by atoms with E-state index in [2.05, 4.69) is 10.4 Å². The maximum Gasteiger partial charge on any atom is 0.276 e. The Hall–Kier alpha value is -4.15. The smallest absolute Gasteiger partial charge is 0.276 e. The average molecular weight is 499 g/mol. The van der Waals surface area contributed by atoms with Crippen molar-refractivity contribution in [3.05, 3.63) is 86.8 Å². The van der Waals surface area contributed by atoms with Crippen LogP contribution in [0.1, 0.15) is 33.7 Å². The molecule has 1 atom stereocenters. The number of hydrogen-bond acceptors (Lipinski definition) is 5. The van der Waals surface area contributed by atoms with Crippen molar-refractivity contribution in [3.63, 3.8) is 0 Å². The van der Waals surface area contributed by atoms with Gasteiger partial charge in [-0.25, -0.2) is 17.9 Å². The van der Waals surface area contributed by atoms with E-state index in [1.165, 1.54) is 10.7 Å². The first-order valence-electron chi connectivity index (χ1n) is 11.3. The highest BCUT2D eigenvalue weighted by Gasteiger charge is 2.24. The lowest BCUT2D eigenvalue weighted by molar-refractivity contribution is -0.117. The molecule has 2 amide bonds. The monoisotopic (exact) mass is 499 g/mol. The predicted molar refractivity (Wildman–Crippen MR) is 127 cm³/mol.